The highest BCUT2D eigenvalue weighted by molar-refractivity contribution is 9.10. The smallest absolute Gasteiger partial charge is 0.134 e. The topological polar surface area (TPSA) is 45.8 Å². The van der Waals surface area contributed by atoms with Crippen LogP contribution in [0.4, 0.5) is 0 Å². The number of H-pyrrole nitrogens is 1. The van der Waals surface area contributed by atoms with Gasteiger partial charge in [-0.15, -0.1) is 0 Å². The van der Waals surface area contributed by atoms with Crippen molar-refractivity contribution in [3.05, 3.63) is 28.5 Å². The first-order valence-electron chi connectivity index (χ1n) is 4.28. The van der Waals surface area contributed by atoms with E-state index in [2.05, 4.69) is 25.9 Å². The Morgan fingerprint density at radius 1 is 1.57 bits per heavy atom. The maximum absolute atomic E-state index is 11.0. The summed E-state index contributed by atoms with van der Waals surface area (Å²) in [5.74, 6) is 0.157. The van der Waals surface area contributed by atoms with Crippen LogP contribution in [-0.4, -0.2) is 15.8 Å². The zero-order valence-corrected chi connectivity index (χ0v) is 9.26. The van der Waals surface area contributed by atoms with Crippen molar-refractivity contribution < 1.29 is 4.79 Å². The minimum atomic E-state index is 0.157. The summed E-state index contributed by atoms with van der Waals surface area (Å²) < 4.78 is 0.937. The predicted octanol–water partition coefficient (Wildman–Crippen LogP) is 2.46. The van der Waals surface area contributed by atoms with Crippen LogP contribution in [0, 0.1) is 0 Å². The molecule has 0 saturated carbocycles. The second kappa shape index (κ2) is 3.53. The molecule has 0 saturated heterocycles. The number of imidazole rings is 1. The van der Waals surface area contributed by atoms with E-state index in [1.165, 1.54) is 0 Å². The van der Waals surface area contributed by atoms with Crippen LogP contribution in [0.1, 0.15) is 12.5 Å². The minimum absolute atomic E-state index is 0.157. The standard InChI is InChI=1S/C10H9BrN2O/c1-6(14)2-7-3-9-10(4-8(7)11)13-5-12-9/h3-5H,2H2,1H3,(H,12,13). The highest BCUT2D eigenvalue weighted by Crippen LogP contribution is 2.22. The molecule has 3 nitrogen and oxygen atoms in total. The molecule has 0 amide bonds. The molecule has 4 heteroatoms. The Morgan fingerprint density at radius 3 is 3.07 bits per heavy atom. The van der Waals surface area contributed by atoms with E-state index in [0.717, 1.165) is 21.1 Å². The first kappa shape index (κ1) is 9.40. The van der Waals surface area contributed by atoms with Crippen molar-refractivity contribution in [2.45, 2.75) is 13.3 Å². The highest BCUT2D eigenvalue weighted by atomic mass is 79.9. The Balaban J connectivity index is 2.53. The van der Waals surface area contributed by atoms with Gasteiger partial charge in [-0.3, -0.25) is 4.79 Å². The molecule has 2 rings (SSSR count). The third-order valence-corrected chi connectivity index (χ3v) is 2.77. The van der Waals surface area contributed by atoms with Gasteiger partial charge >= 0.3 is 0 Å². The first-order valence-corrected chi connectivity index (χ1v) is 5.07. The molecular weight excluding hydrogens is 244 g/mol. The Morgan fingerprint density at radius 2 is 2.36 bits per heavy atom. The summed E-state index contributed by atoms with van der Waals surface area (Å²) in [5.41, 5.74) is 2.86. The fourth-order valence-corrected chi connectivity index (χ4v) is 1.88. The molecule has 1 aromatic carbocycles. The zero-order valence-electron chi connectivity index (χ0n) is 7.67. The van der Waals surface area contributed by atoms with Gasteiger partial charge in [0.05, 0.1) is 17.4 Å². The summed E-state index contributed by atoms with van der Waals surface area (Å²) in [7, 11) is 0. The molecule has 0 fully saturated rings. The number of benzene rings is 1. The number of halogens is 1. The first-order chi connectivity index (χ1) is 6.66. The summed E-state index contributed by atoms with van der Waals surface area (Å²) in [6.07, 6.45) is 2.10. The van der Waals surface area contributed by atoms with Crippen molar-refractivity contribution in [2.75, 3.05) is 0 Å². The molecule has 0 aliphatic rings. The van der Waals surface area contributed by atoms with E-state index in [0.29, 0.717) is 6.42 Å². The van der Waals surface area contributed by atoms with Crippen LogP contribution in [-0.2, 0) is 11.2 Å². The van der Waals surface area contributed by atoms with Gasteiger partial charge in [0.1, 0.15) is 5.78 Å². The van der Waals surface area contributed by atoms with Crippen molar-refractivity contribution in [1.29, 1.82) is 0 Å². The maximum atomic E-state index is 11.0. The van der Waals surface area contributed by atoms with Crippen molar-refractivity contribution in [2.24, 2.45) is 0 Å². The van der Waals surface area contributed by atoms with E-state index in [4.69, 9.17) is 0 Å². The van der Waals surface area contributed by atoms with Crippen LogP contribution in [0.25, 0.3) is 11.0 Å². The summed E-state index contributed by atoms with van der Waals surface area (Å²) in [4.78, 5) is 18.1. The number of fused-ring (bicyclic) bond motifs is 1. The third kappa shape index (κ3) is 1.70. The van der Waals surface area contributed by atoms with Crippen molar-refractivity contribution >= 4 is 32.7 Å². The molecule has 1 heterocycles. The third-order valence-electron chi connectivity index (χ3n) is 2.03. The van der Waals surface area contributed by atoms with Crippen LogP contribution in [0.15, 0.2) is 22.9 Å². The number of ketones is 1. The average molecular weight is 253 g/mol. The second-order valence-electron chi connectivity index (χ2n) is 3.24. The summed E-state index contributed by atoms with van der Waals surface area (Å²) in [6.45, 7) is 1.59. The number of Topliss-reactive ketones (excluding diaryl/α,β-unsaturated/α-hetero) is 1. The molecular formula is C10H9BrN2O. The van der Waals surface area contributed by atoms with E-state index in [9.17, 15) is 4.79 Å². The van der Waals surface area contributed by atoms with Gasteiger partial charge in [0.15, 0.2) is 0 Å². The molecule has 0 aliphatic carbocycles. The molecule has 0 aliphatic heterocycles. The van der Waals surface area contributed by atoms with Gasteiger partial charge < -0.3 is 4.98 Å². The van der Waals surface area contributed by atoms with Crippen LogP contribution >= 0.6 is 15.9 Å². The fraction of sp³-hybridized carbons (Fsp3) is 0.200. The quantitative estimate of drug-likeness (QED) is 0.893. The van der Waals surface area contributed by atoms with Crippen LogP contribution in [0.3, 0.4) is 0 Å². The Kier molecular flexibility index (Phi) is 2.37. The van der Waals surface area contributed by atoms with Gasteiger partial charge in [-0.1, -0.05) is 15.9 Å². The SMILES string of the molecule is CC(=O)Cc1cc2[nH]cnc2cc1Br. The monoisotopic (exact) mass is 252 g/mol. The lowest BCUT2D eigenvalue weighted by atomic mass is 10.1. The predicted molar refractivity (Wildman–Crippen MR) is 58.2 cm³/mol. The Hall–Kier alpha value is -1.16. The summed E-state index contributed by atoms with van der Waals surface area (Å²) >= 11 is 3.42. The van der Waals surface area contributed by atoms with Crippen LogP contribution < -0.4 is 0 Å². The Bertz CT molecular complexity index is 490. The number of aromatic amines is 1. The molecule has 14 heavy (non-hydrogen) atoms. The molecule has 1 aromatic heterocycles. The molecule has 0 bridgehead atoms. The maximum Gasteiger partial charge on any atom is 0.134 e. The van der Waals surface area contributed by atoms with Gasteiger partial charge in [0.25, 0.3) is 0 Å². The van der Waals surface area contributed by atoms with Gasteiger partial charge in [0.2, 0.25) is 0 Å². The molecule has 72 valence electrons. The molecule has 2 aromatic rings. The normalized spacial score (nSPS) is 10.7. The highest BCUT2D eigenvalue weighted by Gasteiger charge is 2.06. The zero-order chi connectivity index (χ0) is 10.1. The van der Waals surface area contributed by atoms with E-state index in [1.807, 2.05) is 12.1 Å². The van der Waals surface area contributed by atoms with Crippen molar-refractivity contribution in [1.82, 2.24) is 9.97 Å². The van der Waals surface area contributed by atoms with Gasteiger partial charge in [-0.25, -0.2) is 4.98 Å². The van der Waals surface area contributed by atoms with Gasteiger partial charge in [-0.05, 0) is 24.6 Å². The number of nitrogens with zero attached hydrogens (tertiary/aromatic N) is 1. The minimum Gasteiger partial charge on any atom is -0.345 e. The molecule has 0 spiro atoms. The Labute approximate surface area is 89.7 Å². The number of nitrogens with one attached hydrogen (secondary N) is 1. The lowest BCUT2D eigenvalue weighted by molar-refractivity contribution is -0.116. The fourth-order valence-electron chi connectivity index (χ4n) is 1.41. The molecule has 1 N–H and O–H groups in total. The van der Waals surface area contributed by atoms with E-state index < -0.39 is 0 Å². The number of hydrogen-bond acceptors (Lipinski definition) is 2. The largest absolute Gasteiger partial charge is 0.345 e. The van der Waals surface area contributed by atoms with Crippen molar-refractivity contribution in [3.63, 3.8) is 0 Å². The number of aromatic nitrogens is 2. The van der Waals surface area contributed by atoms with E-state index in [-0.39, 0.29) is 5.78 Å². The van der Waals surface area contributed by atoms with Crippen LogP contribution in [0.2, 0.25) is 0 Å². The number of hydrogen-bond donors (Lipinski definition) is 1. The van der Waals surface area contributed by atoms with Gasteiger partial charge in [-0.2, -0.15) is 0 Å². The van der Waals surface area contributed by atoms with Crippen molar-refractivity contribution in [3.8, 4) is 0 Å². The number of rotatable bonds is 2. The van der Waals surface area contributed by atoms with E-state index in [1.54, 1.807) is 13.3 Å². The number of carbonyl (C=O) groups is 1. The van der Waals surface area contributed by atoms with Crippen LogP contribution in [0.5, 0.6) is 0 Å². The lowest BCUT2D eigenvalue weighted by Gasteiger charge is -2.01. The van der Waals surface area contributed by atoms with Gasteiger partial charge in [0, 0.05) is 10.9 Å². The molecule has 0 unspecified atom stereocenters. The summed E-state index contributed by atoms with van der Waals surface area (Å²) in [5, 5.41) is 0. The lowest BCUT2D eigenvalue weighted by Crippen LogP contribution is -1.97. The van der Waals surface area contributed by atoms with E-state index >= 15 is 0 Å². The summed E-state index contributed by atoms with van der Waals surface area (Å²) in [6, 6.07) is 3.87. The molecule has 0 radical (unpaired) electrons. The second-order valence-corrected chi connectivity index (χ2v) is 4.10. The molecule has 0 atom stereocenters. The average Bonchev–Trinajstić information content (AvgIpc) is 2.51. The number of carbonyl (C=O) groups excluding carboxylic acids is 1.